The number of hydrogen-bond acceptors (Lipinski definition) is 7. The van der Waals surface area contributed by atoms with Crippen LogP contribution in [0.4, 0.5) is 5.82 Å². The van der Waals surface area contributed by atoms with Gasteiger partial charge in [-0.25, -0.2) is 14.8 Å². The van der Waals surface area contributed by atoms with Crippen LogP contribution in [0, 0.1) is 19.8 Å². The van der Waals surface area contributed by atoms with Crippen molar-refractivity contribution in [3.63, 3.8) is 0 Å². The molecule has 0 spiro atoms. The van der Waals surface area contributed by atoms with Crippen molar-refractivity contribution in [2.75, 3.05) is 25.0 Å². The minimum absolute atomic E-state index is 0.264. The molecular formula is C18H26N4O2S. The third kappa shape index (κ3) is 4.10. The predicted octanol–water partition coefficient (Wildman–Crippen LogP) is 3.28. The van der Waals surface area contributed by atoms with Gasteiger partial charge in [0.05, 0.1) is 12.0 Å². The zero-order chi connectivity index (χ0) is 18.0. The lowest BCUT2D eigenvalue weighted by molar-refractivity contribution is 0.0464. The number of nitrogens with one attached hydrogen (secondary N) is 2. The van der Waals surface area contributed by atoms with Crippen molar-refractivity contribution < 1.29 is 9.53 Å². The summed E-state index contributed by atoms with van der Waals surface area (Å²) in [6.07, 6.45) is 2.13. The second kappa shape index (κ2) is 7.66. The summed E-state index contributed by atoms with van der Waals surface area (Å²) in [5.74, 6) is 1.61. The topological polar surface area (TPSA) is 76.1 Å². The van der Waals surface area contributed by atoms with Crippen LogP contribution >= 0.6 is 11.3 Å². The minimum atomic E-state index is -0.264. The molecule has 3 heterocycles. The summed E-state index contributed by atoms with van der Waals surface area (Å²) in [6.45, 7) is 10.4. The predicted molar refractivity (Wildman–Crippen MR) is 102 cm³/mol. The lowest BCUT2D eigenvalue weighted by Crippen LogP contribution is -2.35. The highest BCUT2D eigenvalue weighted by Crippen LogP contribution is 2.35. The Morgan fingerprint density at radius 2 is 2.04 bits per heavy atom. The molecule has 2 aromatic heterocycles. The van der Waals surface area contributed by atoms with Crippen LogP contribution in [0.5, 0.6) is 0 Å². The number of carbonyl (C=O) groups is 1. The van der Waals surface area contributed by atoms with Crippen molar-refractivity contribution in [1.29, 1.82) is 0 Å². The smallest absolute Gasteiger partial charge is 0.348 e. The van der Waals surface area contributed by atoms with Gasteiger partial charge < -0.3 is 15.4 Å². The normalized spacial score (nSPS) is 15.7. The van der Waals surface area contributed by atoms with Crippen LogP contribution in [0.1, 0.15) is 47.7 Å². The summed E-state index contributed by atoms with van der Waals surface area (Å²) in [6, 6.07) is 0.398. The summed E-state index contributed by atoms with van der Waals surface area (Å²) in [4.78, 5) is 23.1. The number of ether oxygens (including phenoxy) is 1. The van der Waals surface area contributed by atoms with E-state index in [0.29, 0.717) is 29.3 Å². The number of piperidine rings is 1. The molecule has 0 unspecified atom stereocenters. The number of esters is 1. The molecule has 0 aliphatic carbocycles. The Morgan fingerprint density at radius 3 is 2.72 bits per heavy atom. The molecule has 0 saturated carbocycles. The molecule has 7 heteroatoms. The first kappa shape index (κ1) is 18.1. The summed E-state index contributed by atoms with van der Waals surface area (Å²) < 4.78 is 5.41. The zero-order valence-electron chi connectivity index (χ0n) is 15.3. The van der Waals surface area contributed by atoms with Gasteiger partial charge in [0.1, 0.15) is 21.3 Å². The van der Waals surface area contributed by atoms with Crippen LogP contribution in [0.15, 0.2) is 0 Å². The molecule has 2 aromatic rings. The molecule has 136 valence electrons. The lowest BCUT2D eigenvalue weighted by atomic mass is 10.1. The number of rotatable bonds is 5. The van der Waals surface area contributed by atoms with Gasteiger partial charge in [-0.3, -0.25) is 0 Å². The molecule has 25 heavy (non-hydrogen) atoms. The van der Waals surface area contributed by atoms with Gasteiger partial charge in [-0.15, -0.1) is 11.3 Å². The van der Waals surface area contributed by atoms with E-state index in [-0.39, 0.29) is 5.97 Å². The Balaban J connectivity index is 1.93. The van der Waals surface area contributed by atoms with Crippen molar-refractivity contribution in [1.82, 2.24) is 15.3 Å². The number of aromatic nitrogens is 2. The van der Waals surface area contributed by atoms with E-state index >= 15 is 0 Å². The zero-order valence-corrected chi connectivity index (χ0v) is 16.1. The number of nitrogens with zero attached hydrogens (tertiary/aromatic N) is 2. The number of aryl methyl sites for hydroxylation is 2. The molecule has 6 nitrogen and oxygen atoms in total. The largest absolute Gasteiger partial charge is 0.461 e. The third-order valence-corrected chi connectivity index (χ3v) is 5.48. The number of fused-ring (bicyclic) bond motifs is 1. The van der Waals surface area contributed by atoms with Gasteiger partial charge in [-0.1, -0.05) is 13.8 Å². The van der Waals surface area contributed by atoms with Crippen molar-refractivity contribution >= 4 is 33.3 Å². The van der Waals surface area contributed by atoms with Gasteiger partial charge in [0.25, 0.3) is 0 Å². The summed E-state index contributed by atoms with van der Waals surface area (Å²) >= 11 is 1.40. The average Bonchev–Trinajstić information content (AvgIpc) is 2.90. The van der Waals surface area contributed by atoms with Crippen molar-refractivity contribution in [2.45, 2.75) is 46.6 Å². The van der Waals surface area contributed by atoms with Crippen LogP contribution < -0.4 is 10.6 Å². The number of carbonyl (C=O) groups excluding carboxylic acids is 1. The molecule has 0 bridgehead atoms. The Labute approximate surface area is 152 Å². The van der Waals surface area contributed by atoms with Gasteiger partial charge in [0, 0.05) is 6.04 Å². The van der Waals surface area contributed by atoms with Crippen LogP contribution in [0.3, 0.4) is 0 Å². The maximum atomic E-state index is 12.4. The Hall–Kier alpha value is -1.73. The summed E-state index contributed by atoms with van der Waals surface area (Å²) in [5, 5.41) is 7.89. The highest BCUT2D eigenvalue weighted by molar-refractivity contribution is 7.20. The van der Waals surface area contributed by atoms with Crippen molar-refractivity contribution in [3.05, 3.63) is 16.3 Å². The first-order chi connectivity index (χ1) is 12.0. The van der Waals surface area contributed by atoms with E-state index in [1.54, 1.807) is 0 Å². The van der Waals surface area contributed by atoms with E-state index in [1.165, 1.54) is 11.3 Å². The molecule has 1 saturated heterocycles. The standard InChI is InChI=1S/C18H26N4O2S/c1-10(2)9-24-18(23)15-11(3)14-16(20-12(4)21-17(14)25-15)22-13-5-7-19-8-6-13/h10,13,19H,5-9H2,1-4H3,(H,20,21,22). The average molecular weight is 362 g/mol. The maximum Gasteiger partial charge on any atom is 0.348 e. The summed E-state index contributed by atoms with van der Waals surface area (Å²) in [5.41, 5.74) is 0.908. The molecule has 0 aromatic carbocycles. The van der Waals surface area contributed by atoms with Gasteiger partial charge in [-0.2, -0.15) is 0 Å². The first-order valence-electron chi connectivity index (χ1n) is 8.87. The molecule has 0 atom stereocenters. The fraction of sp³-hybridized carbons (Fsp3) is 0.611. The maximum absolute atomic E-state index is 12.4. The molecule has 0 amide bonds. The number of hydrogen-bond donors (Lipinski definition) is 2. The Bertz CT molecular complexity index is 766. The molecule has 0 radical (unpaired) electrons. The highest BCUT2D eigenvalue weighted by atomic mass is 32.1. The Kier molecular flexibility index (Phi) is 5.54. The van der Waals surface area contributed by atoms with Crippen LogP contribution in [-0.2, 0) is 4.74 Å². The molecule has 1 aliphatic heterocycles. The van der Waals surface area contributed by atoms with Crippen molar-refractivity contribution in [3.8, 4) is 0 Å². The minimum Gasteiger partial charge on any atom is -0.461 e. The molecule has 2 N–H and O–H groups in total. The van der Waals surface area contributed by atoms with Gasteiger partial charge in [-0.05, 0) is 51.3 Å². The van der Waals surface area contributed by atoms with Crippen LogP contribution in [0.2, 0.25) is 0 Å². The number of anilines is 1. The SMILES string of the molecule is Cc1nc(NC2CCNCC2)c2c(C)c(C(=O)OCC(C)C)sc2n1. The van der Waals surface area contributed by atoms with Crippen LogP contribution in [-0.4, -0.2) is 41.7 Å². The first-order valence-corrected chi connectivity index (χ1v) is 9.69. The van der Waals surface area contributed by atoms with E-state index in [4.69, 9.17) is 4.74 Å². The van der Waals surface area contributed by atoms with Gasteiger partial charge in [0.15, 0.2) is 0 Å². The summed E-state index contributed by atoms with van der Waals surface area (Å²) in [7, 11) is 0. The van der Waals surface area contributed by atoms with Gasteiger partial charge >= 0.3 is 5.97 Å². The molecule has 1 fully saturated rings. The molecular weight excluding hydrogens is 336 g/mol. The van der Waals surface area contributed by atoms with Crippen molar-refractivity contribution in [2.24, 2.45) is 5.92 Å². The van der Waals surface area contributed by atoms with Crippen LogP contribution in [0.25, 0.3) is 10.2 Å². The third-order valence-electron chi connectivity index (χ3n) is 4.32. The Morgan fingerprint density at radius 1 is 1.32 bits per heavy atom. The van der Waals surface area contributed by atoms with E-state index < -0.39 is 0 Å². The second-order valence-corrected chi connectivity index (χ2v) is 8.02. The molecule has 3 rings (SSSR count). The van der Waals surface area contributed by atoms with E-state index in [1.807, 2.05) is 27.7 Å². The highest BCUT2D eigenvalue weighted by Gasteiger charge is 2.23. The quantitative estimate of drug-likeness (QED) is 0.795. The number of thiophene rings is 1. The fourth-order valence-electron chi connectivity index (χ4n) is 3.01. The fourth-order valence-corrected chi connectivity index (χ4v) is 4.13. The monoisotopic (exact) mass is 362 g/mol. The van der Waals surface area contributed by atoms with E-state index in [9.17, 15) is 4.79 Å². The van der Waals surface area contributed by atoms with Gasteiger partial charge in [0.2, 0.25) is 0 Å². The second-order valence-electron chi connectivity index (χ2n) is 7.02. The van der Waals surface area contributed by atoms with E-state index in [2.05, 4.69) is 20.6 Å². The van der Waals surface area contributed by atoms with E-state index in [0.717, 1.165) is 47.5 Å². The lowest BCUT2D eigenvalue weighted by Gasteiger charge is -2.24. The molecule has 1 aliphatic rings.